The maximum absolute atomic E-state index is 12.6. The summed E-state index contributed by atoms with van der Waals surface area (Å²) < 4.78 is 37.9. The average molecular weight is 302 g/mol. The quantitative estimate of drug-likeness (QED) is 0.899. The molecule has 1 aliphatic rings. The van der Waals surface area contributed by atoms with E-state index >= 15 is 0 Å². The first kappa shape index (κ1) is 15.6. The molecule has 1 fully saturated rings. The minimum absolute atomic E-state index is 0.0791. The lowest BCUT2D eigenvalue weighted by Gasteiger charge is -2.39. The lowest BCUT2D eigenvalue weighted by molar-refractivity contribution is -0.137. The average Bonchev–Trinajstić information content (AvgIpc) is 2.34. The number of nitrogens with one attached hydrogen (secondary N) is 1. The molecular formula is C14H17F3N2O2. The normalized spacial score (nSPS) is 17.3. The topological polar surface area (TPSA) is 52.6 Å². The van der Waals surface area contributed by atoms with Crippen molar-refractivity contribution >= 4 is 6.03 Å². The maximum atomic E-state index is 12.6. The van der Waals surface area contributed by atoms with Gasteiger partial charge < -0.3 is 15.3 Å². The summed E-state index contributed by atoms with van der Waals surface area (Å²) in [6.45, 7) is 2.48. The molecule has 21 heavy (non-hydrogen) atoms. The molecule has 2 N–H and O–H groups in total. The van der Waals surface area contributed by atoms with Crippen molar-refractivity contribution in [2.45, 2.75) is 25.1 Å². The van der Waals surface area contributed by atoms with E-state index < -0.39 is 17.8 Å². The molecule has 0 aromatic heterocycles. The minimum atomic E-state index is -4.35. The molecule has 0 saturated carbocycles. The van der Waals surface area contributed by atoms with Crippen molar-refractivity contribution in [3.8, 4) is 0 Å². The lowest BCUT2D eigenvalue weighted by Crippen LogP contribution is -2.53. The number of hydrogen-bond donors (Lipinski definition) is 2. The summed E-state index contributed by atoms with van der Waals surface area (Å²) in [5.74, 6) is -0.0791. The number of nitrogens with zero attached hydrogens (tertiary/aromatic N) is 1. The number of carbonyl (C=O) groups is 1. The smallest absolute Gasteiger partial charge is 0.392 e. The predicted octanol–water partition coefficient (Wildman–Crippen LogP) is 2.20. The molecule has 2 rings (SSSR count). The molecule has 0 unspecified atom stereocenters. The lowest BCUT2D eigenvalue weighted by atomic mass is 9.90. The van der Waals surface area contributed by atoms with E-state index in [0.717, 1.165) is 12.1 Å². The first-order valence-corrected chi connectivity index (χ1v) is 6.65. The molecule has 1 aliphatic heterocycles. The molecule has 0 bridgehead atoms. The van der Waals surface area contributed by atoms with Crippen molar-refractivity contribution in [1.29, 1.82) is 0 Å². The van der Waals surface area contributed by atoms with Crippen molar-refractivity contribution in [2.75, 3.05) is 19.6 Å². The number of aliphatic hydroxyl groups is 1. The summed E-state index contributed by atoms with van der Waals surface area (Å²) in [6, 6.07) is 4.89. The van der Waals surface area contributed by atoms with Crippen LogP contribution >= 0.6 is 0 Å². The number of halogens is 3. The Morgan fingerprint density at radius 3 is 2.71 bits per heavy atom. The van der Waals surface area contributed by atoms with Crippen LogP contribution < -0.4 is 5.32 Å². The van der Waals surface area contributed by atoms with Gasteiger partial charge in [0.2, 0.25) is 0 Å². The van der Waals surface area contributed by atoms with Gasteiger partial charge in [0, 0.05) is 25.6 Å². The number of rotatable bonds is 3. The zero-order chi connectivity index (χ0) is 15.6. The molecule has 0 spiro atoms. The van der Waals surface area contributed by atoms with Crippen molar-refractivity contribution in [3.05, 3.63) is 35.4 Å². The Hall–Kier alpha value is -1.76. The van der Waals surface area contributed by atoms with Gasteiger partial charge in [-0.3, -0.25) is 0 Å². The van der Waals surface area contributed by atoms with E-state index in [1.807, 2.05) is 0 Å². The van der Waals surface area contributed by atoms with Crippen molar-refractivity contribution in [1.82, 2.24) is 10.2 Å². The van der Waals surface area contributed by atoms with Gasteiger partial charge in [0.15, 0.2) is 0 Å². The second kappa shape index (κ2) is 5.93. The van der Waals surface area contributed by atoms with Crippen LogP contribution in [0.5, 0.6) is 0 Å². The second-order valence-electron chi connectivity index (χ2n) is 5.26. The fourth-order valence-corrected chi connectivity index (χ4v) is 2.17. The largest absolute Gasteiger partial charge is 0.416 e. The Kier molecular flexibility index (Phi) is 4.41. The number of alkyl halides is 3. The highest BCUT2D eigenvalue weighted by Crippen LogP contribution is 2.33. The van der Waals surface area contributed by atoms with Crippen LogP contribution in [0.1, 0.15) is 24.0 Å². The Bertz CT molecular complexity index is 511. The van der Waals surface area contributed by atoms with Crippen LogP contribution in [0.3, 0.4) is 0 Å². The number of urea groups is 1. The van der Waals surface area contributed by atoms with Crippen LogP contribution in [-0.2, 0) is 6.18 Å². The van der Waals surface area contributed by atoms with Gasteiger partial charge >= 0.3 is 12.2 Å². The third kappa shape index (κ3) is 3.87. The molecule has 1 heterocycles. The Balaban J connectivity index is 1.91. The fraction of sp³-hybridized carbons (Fsp3) is 0.500. The molecular weight excluding hydrogens is 285 g/mol. The molecule has 1 atom stereocenters. The van der Waals surface area contributed by atoms with Gasteiger partial charge in [-0.1, -0.05) is 18.2 Å². The van der Waals surface area contributed by atoms with Crippen molar-refractivity contribution < 1.29 is 23.1 Å². The molecule has 0 radical (unpaired) electrons. The number of aliphatic hydroxyl groups excluding tert-OH is 1. The van der Waals surface area contributed by atoms with Gasteiger partial charge in [0.05, 0.1) is 11.7 Å². The molecule has 7 heteroatoms. The van der Waals surface area contributed by atoms with Crippen LogP contribution in [0.25, 0.3) is 0 Å². The molecule has 1 aromatic rings. The summed E-state index contributed by atoms with van der Waals surface area (Å²) in [7, 11) is 0. The van der Waals surface area contributed by atoms with Crippen LogP contribution in [0, 0.1) is 0 Å². The highest BCUT2D eigenvalue weighted by Gasteiger charge is 2.34. The summed E-state index contributed by atoms with van der Waals surface area (Å²) in [6.07, 6.45) is -4.98. The van der Waals surface area contributed by atoms with Gasteiger partial charge in [-0.25, -0.2) is 4.79 Å². The Labute approximate surface area is 120 Å². The Morgan fingerprint density at radius 2 is 2.14 bits per heavy atom. The molecule has 116 valence electrons. The maximum Gasteiger partial charge on any atom is 0.416 e. The number of likely N-dealkylation sites (tertiary alicyclic amines) is 1. The zero-order valence-electron chi connectivity index (χ0n) is 11.5. The highest BCUT2D eigenvalue weighted by molar-refractivity contribution is 5.75. The SMILES string of the molecule is C[C@@H](O)CNC(=O)N1CC(c2cccc(C(F)(F)F)c2)C1. The highest BCUT2D eigenvalue weighted by atomic mass is 19.4. The third-order valence-corrected chi connectivity index (χ3v) is 3.40. The molecule has 2 amide bonds. The standard InChI is InChI=1S/C14H17F3N2O2/c1-9(20)6-18-13(21)19-7-11(8-19)10-3-2-4-12(5-10)14(15,16)17/h2-5,9,11,20H,6-8H2,1H3,(H,18,21)/t9-/m1/s1. The molecule has 0 aliphatic carbocycles. The van der Waals surface area contributed by atoms with E-state index in [1.165, 1.54) is 11.0 Å². The number of hydrogen-bond acceptors (Lipinski definition) is 2. The van der Waals surface area contributed by atoms with E-state index in [4.69, 9.17) is 5.11 Å². The van der Waals surface area contributed by atoms with Gasteiger partial charge in [-0.05, 0) is 18.6 Å². The van der Waals surface area contributed by atoms with Crippen molar-refractivity contribution in [2.24, 2.45) is 0 Å². The van der Waals surface area contributed by atoms with E-state index in [0.29, 0.717) is 18.7 Å². The number of carbonyl (C=O) groups excluding carboxylic acids is 1. The van der Waals surface area contributed by atoms with Crippen molar-refractivity contribution in [3.63, 3.8) is 0 Å². The van der Waals surface area contributed by atoms with Crippen LogP contribution in [0.2, 0.25) is 0 Å². The summed E-state index contributed by atoms with van der Waals surface area (Å²) in [5.41, 5.74) is -0.0820. The predicted molar refractivity (Wildman–Crippen MR) is 70.8 cm³/mol. The summed E-state index contributed by atoms with van der Waals surface area (Å²) >= 11 is 0. The monoisotopic (exact) mass is 302 g/mol. The van der Waals surface area contributed by atoms with Gasteiger partial charge in [-0.2, -0.15) is 13.2 Å². The Morgan fingerprint density at radius 1 is 1.48 bits per heavy atom. The summed E-state index contributed by atoms with van der Waals surface area (Å²) in [5, 5.41) is 11.6. The van der Waals surface area contributed by atoms with E-state index in [1.54, 1.807) is 13.0 Å². The van der Waals surface area contributed by atoms with E-state index in [9.17, 15) is 18.0 Å². The zero-order valence-corrected chi connectivity index (χ0v) is 11.5. The second-order valence-corrected chi connectivity index (χ2v) is 5.26. The molecule has 4 nitrogen and oxygen atoms in total. The fourth-order valence-electron chi connectivity index (χ4n) is 2.17. The van der Waals surface area contributed by atoms with E-state index in [-0.39, 0.29) is 18.5 Å². The molecule has 1 aromatic carbocycles. The van der Waals surface area contributed by atoms with Crippen LogP contribution in [0.15, 0.2) is 24.3 Å². The third-order valence-electron chi connectivity index (χ3n) is 3.40. The van der Waals surface area contributed by atoms with Gasteiger partial charge in [0.1, 0.15) is 0 Å². The summed E-state index contributed by atoms with van der Waals surface area (Å²) in [4.78, 5) is 13.2. The minimum Gasteiger partial charge on any atom is -0.392 e. The first-order chi connectivity index (χ1) is 9.77. The first-order valence-electron chi connectivity index (χ1n) is 6.65. The van der Waals surface area contributed by atoms with Gasteiger partial charge in [-0.15, -0.1) is 0 Å². The van der Waals surface area contributed by atoms with E-state index in [2.05, 4.69) is 5.32 Å². The number of amides is 2. The van der Waals surface area contributed by atoms with Crippen LogP contribution in [0.4, 0.5) is 18.0 Å². The number of benzene rings is 1. The molecule has 1 saturated heterocycles. The van der Waals surface area contributed by atoms with Crippen LogP contribution in [-0.4, -0.2) is 41.8 Å². The van der Waals surface area contributed by atoms with Gasteiger partial charge in [0.25, 0.3) is 0 Å².